The van der Waals surface area contributed by atoms with Crippen molar-refractivity contribution in [1.82, 2.24) is 0 Å². The minimum Gasteiger partial charge on any atom is -0.371 e. The quantitative estimate of drug-likeness (QED) is 0.602. The highest BCUT2D eigenvalue weighted by molar-refractivity contribution is 9.09. The van der Waals surface area contributed by atoms with Crippen molar-refractivity contribution in [3.8, 4) is 0 Å². The van der Waals surface area contributed by atoms with E-state index in [0.717, 1.165) is 12.1 Å². The van der Waals surface area contributed by atoms with Crippen molar-refractivity contribution in [2.24, 2.45) is 0 Å². The Kier molecular flexibility index (Phi) is 4.88. The van der Waals surface area contributed by atoms with E-state index in [1.54, 1.807) is 0 Å². The Bertz CT molecular complexity index is 379. The Morgan fingerprint density at radius 2 is 1.88 bits per heavy atom. The van der Waals surface area contributed by atoms with Gasteiger partial charge in [-0.05, 0) is 6.07 Å². The maximum absolute atomic E-state index is 13.2. The second-order valence-corrected chi connectivity index (χ2v) is 4.37. The molecule has 1 unspecified atom stereocenters. The summed E-state index contributed by atoms with van der Waals surface area (Å²) in [5.41, 5.74) is 0.0496. The standard InChI is InChI=1S/C10H8BrF5O/c11-8(4-17-5-10(14,15)16)7-2-1-6(12)3-9(7)13/h1-3,8H,4-5H2. The zero-order valence-electron chi connectivity index (χ0n) is 8.40. The molecule has 0 aliphatic rings. The molecule has 17 heavy (non-hydrogen) atoms. The highest BCUT2D eigenvalue weighted by Crippen LogP contribution is 2.26. The van der Waals surface area contributed by atoms with E-state index in [-0.39, 0.29) is 12.2 Å². The molecule has 0 radical (unpaired) electrons. The van der Waals surface area contributed by atoms with Crippen LogP contribution in [0.1, 0.15) is 10.4 Å². The Morgan fingerprint density at radius 3 is 2.41 bits per heavy atom. The molecular formula is C10H8BrF5O. The number of benzene rings is 1. The molecule has 1 rings (SSSR count). The molecule has 1 nitrogen and oxygen atoms in total. The Balaban J connectivity index is 2.55. The van der Waals surface area contributed by atoms with Crippen molar-refractivity contribution in [2.75, 3.05) is 13.2 Å². The maximum Gasteiger partial charge on any atom is 0.411 e. The fourth-order valence-corrected chi connectivity index (χ4v) is 1.68. The molecule has 0 bridgehead atoms. The zero-order valence-corrected chi connectivity index (χ0v) is 9.99. The van der Waals surface area contributed by atoms with Gasteiger partial charge in [-0.25, -0.2) is 8.78 Å². The molecule has 0 aromatic heterocycles. The third-order valence-corrected chi connectivity index (χ3v) is 2.59. The summed E-state index contributed by atoms with van der Waals surface area (Å²) in [5, 5.41) is 0. The van der Waals surface area contributed by atoms with Gasteiger partial charge in [0.15, 0.2) is 0 Å². The fourth-order valence-electron chi connectivity index (χ4n) is 1.12. The van der Waals surface area contributed by atoms with Crippen molar-refractivity contribution < 1.29 is 26.7 Å². The average molecular weight is 319 g/mol. The lowest BCUT2D eigenvalue weighted by atomic mass is 10.1. The molecule has 0 amide bonds. The molecule has 0 N–H and O–H groups in total. The van der Waals surface area contributed by atoms with Crippen LogP contribution >= 0.6 is 15.9 Å². The molecular weight excluding hydrogens is 311 g/mol. The second kappa shape index (κ2) is 5.77. The molecule has 0 saturated carbocycles. The van der Waals surface area contributed by atoms with E-state index in [1.807, 2.05) is 0 Å². The van der Waals surface area contributed by atoms with Gasteiger partial charge in [0, 0.05) is 11.6 Å². The van der Waals surface area contributed by atoms with Crippen molar-refractivity contribution in [2.45, 2.75) is 11.0 Å². The van der Waals surface area contributed by atoms with Gasteiger partial charge >= 0.3 is 6.18 Å². The van der Waals surface area contributed by atoms with Crippen molar-refractivity contribution in [3.63, 3.8) is 0 Å². The van der Waals surface area contributed by atoms with E-state index in [2.05, 4.69) is 20.7 Å². The highest BCUT2D eigenvalue weighted by Gasteiger charge is 2.28. The summed E-state index contributed by atoms with van der Waals surface area (Å²) in [5.74, 6) is -1.58. The van der Waals surface area contributed by atoms with Gasteiger partial charge in [0.25, 0.3) is 0 Å². The van der Waals surface area contributed by atoms with E-state index in [4.69, 9.17) is 0 Å². The summed E-state index contributed by atoms with van der Waals surface area (Å²) < 4.78 is 65.5. The van der Waals surface area contributed by atoms with Crippen LogP contribution in [-0.2, 0) is 4.74 Å². The first-order valence-electron chi connectivity index (χ1n) is 4.53. The number of hydrogen-bond acceptors (Lipinski definition) is 1. The monoisotopic (exact) mass is 318 g/mol. The fraction of sp³-hybridized carbons (Fsp3) is 0.400. The summed E-state index contributed by atoms with van der Waals surface area (Å²) in [6, 6.07) is 2.84. The number of ether oxygens (including phenoxy) is 1. The molecule has 1 atom stereocenters. The van der Waals surface area contributed by atoms with Crippen molar-refractivity contribution in [3.05, 3.63) is 35.4 Å². The SMILES string of the molecule is Fc1ccc(C(Br)COCC(F)(F)F)c(F)c1. The van der Waals surface area contributed by atoms with Crippen LogP contribution in [0.25, 0.3) is 0 Å². The normalized spacial score (nSPS) is 13.8. The van der Waals surface area contributed by atoms with E-state index < -0.39 is 29.2 Å². The van der Waals surface area contributed by atoms with Crippen LogP contribution in [0.15, 0.2) is 18.2 Å². The van der Waals surface area contributed by atoms with Crippen LogP contribution in [0.4, 0.5) is 22.0 Å². The Morgan fingerprint density at radius 1 is 1.24 bits per heavy atom. The number of rotatable bonds is 4. The maximum atomic E-state index is 13.2. The van der Waals surface area contributed by atoms with Gasteiger partial charge < -0.3 is 4.74 Å². The first-order valence-corrected chi connectivity index (χ1v) is 5.44. The lowest BCUT2D eigenvalue weighted by Crippen LogP contribution is -2.18. The van der Waals surface area contributed by atoms with Gasteiger partial charge in [0.1, 0.15) is 18.2 Å². The van der Waals surface area contributed by atoms with Crippen molar-refractivity contribution >= 4 is 15.9 Å². The van der Waals surface area contributed by atoms with E-state index in [9.17, 15) is 22.0 Å². The number of halogens is 6. The number of hydrogen-bond donors (Lipinski definition) is 0. The Labute approximate surface area is 103 Å². The summed E-state index contributed by atoms with van der Waals surface area (Å²) in [7, 11) is 0. The lowest BCUT2D eigenvalue weighted by molar-refractivity contribution is -0.173. The molecule has 96 valence electrons. The first kappa shape index (κ1) is 14.4. The lowest BCUT2D eigenvalue weighted by Gasteiger charge is -2.13. The minimum absolute atomic E-state index is 0.0496. The highest BCUT2D eigenvalue weighted by atomic mass is 79.9. The summed E-state index contributed by atoms with van der Waals surface area (Å²) >= 11 is 2.97. The van der Waals surface area contributed by atoms with Crippen LogP contribution in [0, 0.1) is 11.6 Å². The van der Waals surface area contributed by atoms with E-state index in [0.29, 0.717) is 6.07 Å². The van der Waals surface area contributed by atoms with Gasteiger partial charge in [0.2, 0.25) is 0 Å². The largest absolute Gasteiger partial charge is 0.411 e. The van der Waals surface area contributed by atoms with Crippen LogP contribution in [-0.4, -0.2) is 19.4 Å². The van der Waals surface area contributed by atoms with Gasteiger partial charge in [-0.3, -0.25) is 0 Å². The summed E-state index contributed by atoms with van der Waals surface area (Å²) in [6.45, 7) is -1.76. The summed E-state index contributed by atoms with van der Waals surface area (Å²) in [4.78, 5) is -0.759. The molecule has 0 aliphatic heterocycles. The third-order valence-electron chi connectivity index (χ3n) is 1.83. The van der Waals surface area contributed by atoms with Gasteiger partial charge in [0.05, 0.1) is 11.4 Å². The average Bonchev–Trinajstić information content (AvgIpc) is 2.15. The number of alkyl halides is 4. The van der Waals surface area contributed by atoms with E-state index >= 15 is 0 Å². The zero-order chi connectivity index (χ0) is 13.1. The molecule has 0 fully saturated rings. The topological polar surface area (TPSA) is 9.23 Å². The van der Waals surface area contributed by atoms with Crippen LogP contribution in [0.5, 0.6) is 0 Å². The Hall–Kier alpha value is -0.690. The molecule has 1 aromatic carbocycles. The molecule has 0 saturated heterocycles. The van der Waals surface area contributed by atoms with Gasteiger partial charge in [-0.1, -0.05) is 22.0 Å². The predicted octanol–water partition coefficient (Wildman–Crippen LogP) is 3.98. The predicted molar refractivity (Wildman–Crippen MR) is 54.9 cm³/mol. The van der Waals surface area contributed by atoms with Gasteiger partial charge in [-0.2, -0.15) is 13.2 Å². The molecule has 0 aliphatic carbocycles. The summed E-state index contributed by atoms with van der Waals surface area (Å²) in [6.07, 6.45) is -4.42. The van der Waals surface area contributed by atoms with Crippen LogP contribution < -0.4 is 0 Å². The van der Waals surface area contributed by atoms with Crippen LogP contribution in [0.3, 0.4) is 0 Å². The second-order valence-electron chi connectivity index (χ2n) is 3.26. The van der Waals surface area contributed by atoms with E-state index in [1.165, 1.54) is 0 Å². The van der Waals surface area contributed by atoms with Crippen molar-refractivity contribution in [1.29, 1.82) is 0 Å². The molecule has 7 heteroatoms. The van der Waals surface area contributed by atoms with Crippen LogP contribution in [0.2, 0.25) is 0 Å². The van der Waals surface area contributed by atoms with Gasteiger partial charge in [-0.15, -0.1) is 0 Å². The smallest absolute Gasteiger partial charge is 0.371 e. The molecule has 0 spiro atoms. The third kappa shape index (κ3) is 4.99. The molecule has 0 heterocycles. The molecule has 1 aromatic rings. The minimum atomic E-state index is -4.42. The first-order chi connectivity index (χ1) is 7.79.